The topological polar surface area (TPSA) is 80.7 Å². The lowest BCUT2D eigenvalue weighted by atomic mass is 10.1. The Morgan fingerprint density at radius 1 is 1.30 bits per heavy atom. The zero-order valence-electron chi connectivity index (χ0n) is 17.5. The molecular formula is C22H24N6OS. The van der Waals surface area contributed by atoms with E-state index in [9.17, 15) is 0 Å². The summed E-state index contributed by atoms with van der Waals surface area (Å²) in [7, 11) is 3.67. The highest BCUT2D eigenvalue weighted by Crippen LogP contribution is 2.40. The van der Waals surface area contributed by atoms with Crippen LogP contribution in [0.25, 0.3) is 21.9 Å². The Bertz CT molecular complexity index is 1300. The lowest BCUT2D eigenvalue weighted by molar-refractivity contribution is 0.417. The normalized spacial score (nSPS) is 13.9. The molecule has 0 aliphatic heterocycles. The van der Waals surface area contributed by atoms with E-state index in [0.29, 0.717) is 17.3 Å². The van der Waals surface area contributed by atoms with Crippen molar-refractivity contribution >= 4 is 44.8 Å². The highest BCUT2D eigenvalue weighted by Gasteiger charge is 2.27. The van der Waals surface area contributed by atoms with Gasteiger partial charge in [-0.25, -0.2) is 9.97 Å². The van der Waals surface area contributed by atoms with Crippen LogP contribution in [0.2, 0.25) is 0 Å². The van der Waals surface area contributed by atoms with Gasteiger partial charge < -0.3 is 15.0 Å². The van der Waals surface area contributed by atoms with E-state index in [0.717, 1.165) is 50.6 Å². The summed E-state index contributed by atoms with van der Waals surface area (Å²) >= 11 is 5.21. The molecule has 3 heterocycles. The molecule has 0 spiro atoms. The molecule has 1 saturated carbocycles. The second-order valence-corrected chi connectivity index (χ2v) is 8.59. The Hall–Kier alpha value is -3.00. The van der Waals surface area contributed by atoms with E-state index in [1.807, 2.05) is 37.7 Å². The van der Waals surface area contributed by atoms with Gasteiger partial charge in [0.05, 0.1) is 34.7 Å². The molecule has 1 aliphatic carbocycles. The Morgan fingerprint density at radius 3 is 2.80 bits per heavy atom. The van der Waals surface area contributed by atoms with Crippen LogP contribution in [-0.2, 0) is 13.5 Å². The number of H-pyrrole nitrogens is 1. The molecule has 0 atom stereocenters. The number of thiocarbonyl (C=S) groups is 1. The third-order valence-corrected chi connectivity index (χ3v) is 5.71. The van der Waals surface area contributed by atoms with Gasteiger partial charge in [0.15, 0.2) is 0 Å². The van der Waals surface area contributed by atoms with Crippen LogP contribution in [0.4, 0.5) is 5.69 Å². The van der Waals surface area contributed by atoms with Gasteiger partial charge in [-0.2, -0.15) is 5.10 Å². The maximum atomic E-state index is 5.62. The van der Waals surface area contributed by atoms with Crippen LogP contribution in [0, 0.1) is 6.92 Å². The number of nitrogens with one attached hydrogen (secondary N) is 2. The van der Waals surface area contributed by atoms with Gasteiger partial charge in [-0.3, -0.25) is 4.68 Å². The lowest BCUT2D eigenvalue weighted by Crippen LogP contribution is -2.05. The van der Waals surface area contributed by atoms with E-state index in [1.165, 1.54) is 18.5 Å². The number of benzene rings is 1. The molecule has 1 fully saturated rings. The number of ether oxygens (including phenoxy) is 1. The third kappa shape index (κ3) is 3.31. The van der Waals surface area contributed by atoms with Crippen LogP contribution in [-0.4, -0.2) is 36.8 Å². The fourth-order valence-corrected chi connectivity index (χ4v) is 4.16. The summed E-state index contributed by atoms with van der Waals surface area (Å²) in [6.45, 7) is 3.78. The largest absolute Gasteiger partial charge is 0.495 e. The predicted octanol–water partition coefficient (Wildman–Crippen LogP) is 4.39. The number of methoxy groups -OCH3 is 1. The summed E-state index contributed by atoms with van der Waals surface area (Å²) in [5.41, 5.74) is 5.97. The number of aromatic nitrogens is 5. The van der Waals surface area contributed by atoms with Crippen molar-refractivity contribution in [2.75, 3.05) is 12.4 Å². The van der Waals surface area contributed by atoms with Gasteiger partial charge in [-0.1, -0.05) is 12.2 Å². The molecule has 5 rings (SSSR count). The number of aryl methyl sites for hydroxylation is 2. The monoisotopic (exact) mass is 420 g/mol. The molecule has 0 radical (unpaired) electrons. The first-order valence-corrected chi connectivity index (χ1v) is 10.5. The molecule has 2 N–H and O–H groups in total. The first-order valence-electron chi connectivity index (χ1n) is 10.1. The molecule has 3 aromatic heterocycles. The molecule has 8 heteroatoms. The Morgan fingerprint density at radius 2 is 2.10 bits per heavy atom. The standard InChI is InChI=1S/C22H24N6OS/c1-11-23-19(8-14-7-16(13-5-6-13)27-28(14)3)21-15-9-20(29-4)18(25-12(2)30)10-17(15)26-22(21)24-11/h7,9-10,13H,5-6,8H2,1-4H3,(H,25,30)(H,23,24,26). The third-order valence-electron chi connectivity index (χ3n) is 5.61. The zero-order chi connectivity index (χ0) is 21.0. The summed E-state index contributed by atoms with van der Waals surface area (Å²) in [6, 6.07) is 6.26. The molecule has 0 unspecified atom stereocenters. The van der Waals surface area contributed by atoms with E-state index in [4.69, 9.17) is 27.0 Å². The SMILES string of the molecule is COc1cc2c(cc1NC(C)=S)[nH]c1nc(C)nc(Cc3cc(C4CC4)nn3C)c12. The van der Waals surface area contributed by atoms with Gasteiger partial charge in [-0.05, 0) is 44.9 Å². The zero-order valence-corrected chi connectivity index (χ0v) is 18.4. The molecule has 154 valence electrons. The van der Waals surface area contributed by atoms with E-state index in [2.05, 4.69) is 21.4 Å². The van der Waals surface area contributed by atoms with Crippen LogP contribution in [0.15, 0.2) is 18.2 Å². The van der Waals surface area contributed by atoms with Crippen molar-refractivity contribution in [3.8, 4) is 5.75 Å². The molecule has 0 bridgehead atoms. The van der Waals surface area contributed by atoms with E-state index >= 15 is 0 Å². The second-order valence-electron chi connectivity index (χ2n) is 7.98. The molecule has 1 aromatic carbocycles. The van der Waals surface area contributed by atoms with Gasteiger partial charge in [-0.15, -0.1) is 0 Å². The minimum atomic E-state index is 0.630. The van der Waals surface area contributed by atoms with Gasteiger partial charge >= 0.3 is 0 Å². The minimum absolute atomic E-state index is 0.630. The maximum absolute atomic E-state index is 5.62. The number of nitrogens with zero attached hydrogens (tertiary/aromatic N) is 4. The smallest absolute Gasteiger partial charge is 0.143 e. The fourth-order valence-electron chi connectivity index (χ4n) is 4.05. The van der Waals surface area contributed by atoms with Crippen molar-refractivity contribution in [2.45, 2.75) is 39.0 Å². The van der Waals surface area contributed by atoms with Crippen molar-refractivity contribution in [1.29, 1.82) is 0 Å². The quantitative estimate of drug-likeness (QED) is 0.466. The maximum Gasteiger partial charge on any atom is 0.143 e. The number of hydrogen-bond acceptors (Lipinski definition) is 5. The van der Waals surface area contributed by atoms with Crippen molar-refractivity contribution in [1.82, 2.24) is 24.7 Å². The Kier molecular flexibility index (Phi) is 4.47. The summed E-state index contributed by atoms with van der Waals surface area (Å²) < 4.78 is 7.60. The van der Waals surface area contributed by atoms with Crippen LogP contribution in [0.1, 0.15) is 48.6 Å². The van der Waals surface area contributed by atoms with Crippen LogP contribution in [0.5, 0.6) is 5.75 Å². The summed E-state index contributed by atoms with van der Waals surface area (Å²) in [4.78, 5) is 13.6. The van der Waals surface area contributed by atoms with Crippen molar-refractivity contribution in [3.05, 3.63) is 41.1 Å². The lowest BCUT2D eigenvalue weighted by Gasteiger charge is -2.10. The molecule has 0 saturated heterocycles. The number of fused-ring (bicyclic) bond motifs is 3. The van der Waals surface area contributed by atoms with Crippen LogP contribution in [0.3, 0.4) is 0 Å². The Balaban J connectivity index is 1.66. The van der Waals surface area contributed by atoms with Gasteiger partial charge in [0.2, 0.25) is 0 Å². The second kappa shape index (κ2) is 7.05. The molecular weight excluding hydrogens is 396 g/mol. The van der Waals surface area contributed by atoms with Crippen molar-refractivity contribution < 1.29 is 4.74 Å². The number of anilines is 1. The van der Waals surface area contributed by atoms with Gasteiger partial charge in [0, 0.05) is 35.9 Å². The highest BCUT2D eigenvalue weighted by atomic mass is 32.1. The van der Waals surface area contributed by atoms with Gasteiger partial charge in [0.1, 0.15) is 17.2 Å². The average molecular weight is 421 g/mol. The molecule has 30 heavy (non-hydrogen) atoms. The molecule has 7 nitrogen and oxygen atoms in total. The summed E-state index contributed by atoms with van der Waals surface area (Å²) in [5.74, 6) is 2.11. The van der Waals surface area contributed by atoms with Crippen LogP contribution < -0.4 is 10.1 Å². The number of aromatic amines is 1. The van der Waals surface area contributed by atoms with Crippen molar-refractivity contribution in [2.24, 2.45) is 7.05 Å². The minimum Gasteiger partial charge on any atom is -0.495 e. The average Bonchev–Trinajstić information content (AvgIpc) is 3.38. The molecule has 0 amide bonds. The van der Waals surface area contributed by atoms with Gasteiger partial charge in [0.25, 0.3) is 0 Å². The fraction of sp³-hybridized carbons (Fsp3) is 0.364. The molecule has 1 aliphatic rings. The predicted molar refractivity (Wildman–Crippen MR) is 123 cm³/mol. The summed E-state index contributed by atoms with van der Waals surface area (Å²) in [5, 5.41) is 9.96. The number of rotatable bonds is 5. The number of hydrogen-bond donors (Lipinski definition) is 2. The van der Waals surface area contributed by atoms with E-state index in [1.54, 1.807) is 7.11 Å². The van der Waals surface area contributed by atoms with E-state index < -0.39 is 0 Å². The first-order chi connectivity index (χ1) is 14.4. The first kappa shape index (κ1) is 19.0. The van der Waals surface area contributed by atoms with Crippen LogP contribution >= 0.6 is 12.2 Å². The molecule has 4 aromatic rings. The highest BCUT2D eigenvalue weighted by molar-refractivity contribution is 7.80. The van der Waals surface area contributed by atoms with Crippen molar-refractivity contribution in [3.63, 3.8) is 0 Å². The summed E-state index contributed by atoms with van der Waals surface area (Å²) in [6.07, 6.45) is 3.19. The van der Waals surface area contributed by atoms with E-state index in [-0.39, 0.29) is 0 Å². The Labute approximate surface area is 179 Å².